The molecule has 4 heteroatoms. The Morgan fingerprint density at radius 1 is 1.33 bits per heavy atom. The lowest BCUT2D eigenvalue weighted by molar-refractivity contribution is 0.625. The summed E-state index contributed by atoms with van der Waals surface area (Å²) in [6.45, 7) is 4.55. The number of nitrogens with zero attached hydrogens (tertiary/aromatic N) is 1. The molecule has 0 unspecified atom stereocenters. The van der Waals surface area contributed by atoms with Crippen LogP contribution in [0.25, 0.3) is 0 Å². The summed E-state index contributed by atoms with van der Waals surface area (Å²) < 4.78 is 15.2. The highest BCUT2D eigenvalue weighted by atomic mass is 35.5. The number of rotatable bonds is 5. The first-order valence-corrected chi connectivity index (χ1v) is 6.37. The molecule has 2 rings (SSSR count). The van der Waals surface area contributed by atoms with Crippen molar-refractivity contribution in [1.82, 2.24) is 9.88 Å². The Balaban J connectivity index is 2.13. The molecule has 0 saturated heterocycles. The van der Waals surface area contributed by atoms with Crippen LogP contribution < -0.4 is 5.32 Å². The SMILES string of the molecule is CCNCc1cccn1Cc1ccc(F)c(Cl)c1. The number of benzene rings is 1. The second kappa shape index (κ2) is 6.03. The van der Waals surface area contributed by atoms with E-state index in [4.69, 9.17) is 11.6 Å². The van der Waals surface area contributed by atoms with Crippen molar-refractivity contribution < 1.29 is 4.39 Å². The van der Waals surface area contributed by atoms with Crippen LogP contribution in [0.3, 0.4) is 0 Å². The molecule has 1 aromatic carbocycles. The van der Waals surface area contributed by atoms with Gasteiger partial charge < -0.3 is 9.88 Å². The first-order chi connectivity index (χ1) is 8.70. The zero-order valence-electron chi connectivity index (χ0n) is 10.3. The van der Waals surface area contributed by atoms with E-state index in [9.17, 15) is 4.39 Å². The van der Waals surface area contributed by atoms with Gasteiger partial charge in [0.25, 0.3) is 0 Å². The Morgan fingerprint density at radius 2 is 2.17 bits per heavy atom. The molecule has 0 spiro atoms. The van der Waals surface area contributed by atoms with Gasteiger partial charge in [-0.15, -0.1) is 0 Å². The molecule has 0 aliphatic rings. The fourth-order valence-electron chi connectivity index (χ4n) is 1.85. The van der Waals surface area contributed by atoms with Crippen LogP contribution in [0.2, 0.25) is 5.02 Å². The largest absolute Gasteiger partial charge is 0.346 e. The Bertz CT molecular complexity index is 522. The normalized spacial score (nSPS) is 10.8. The first kappa shape index (κ1) is 13.1. The number of halogens is 2. The van der Waals surface area contributed by atoms with Crippen LogP contribution in [-0.2, 0) is 13.1 Å². The zero-order valence-corrected chi connectivity index (χ0v) is 11.0. The van der Waals surface area contributed by atoms with Gasteiger partial charge in [-0.25, -0.2) is 4.39 Å². The van der Waals surface area contributed by atoms with Crippen molar-refractivity contribution in [3.05, 3.63) is 58.6 Å². The van der Waals surface area contributed by atoms with Crippen molar-refractivity contribution in [2.24, 2.45) is 0 Å². The van der Waals surface area contributed by atoms with E-state index in [2.05, 4.69) is 22.9 Å². The highest BCUT2D eigenvalue weighted by molar-refractivity contribution is 6.30. The van der Waals surface area contributed by atoms with Crippen LogP contribution in [0.1, 0.15) is 18.2 Å². The minimum atomic E-state index is -0.374. The maximum absolute atomic E-state index is 13.1. The van der Waals surface area contributed by atoms with Crippen molar-refractivity contribution in [3.8, 4) is 0 Å². The van der Waals surface area contributed by atoms with Crippen LogP contribution in [-0.4, -0.2) is 11.1 Å². The quantitative estimate of drug-likeness (QED) is 0.877. The van der Waals surface area contributed by atoms with E-state index in [0.29, 0.717) is 6.54 Å². The summed E-state index contributed by atoms with van der Waals surface area (Å²) in [6, 6.07) is 8.93. The third kappa shape index (κ3) is 3.12. The number of hydrogen-bond donors (Lipinski definition) is 1. The standard InChI is InChI=1S/C14H16ClFN2/c1-2-17-9-12-4-3-7-18(12)10-11-5-6-14(16)13(15)8-11/h3-8,17H,2,9-10H2,1H3. The van der Waals surface area contributed by atoms with Crippen LogP contribution in [0.5, 0.6) is 0 Å². The van der Waals surface area contributed by atoms with Crippen LogP contribution in [0, 0.1) is 5.82 Å². The Labute approximate surface area is 111 Å². The predicted octanol–water partition coefficient (Wildman–Crippen LogP) is 3.44. The fraction of sp³-hybridized carbons (Fsp3) is 0.286. The summed E-state index contributed by atoms with van der Waals surface area (Å²) in [5, 5.41) is 3.46. The van der Waals surface area contributed by atoms with Gasteiger partial charge in [0, 0.05) is 25.0 Å². The molecule has 18 heavy (non-hydrogen) atoms. The van der Waals surface area contributed by atoms with Gasteiger partial charge in [0.15, 0.2) is 0 Å². The zero-order chi connectivity index (χ0) is 13.0. The molecule has 2 aromatic rings. The summed E-state index contributed by atoms with van der Waals surface area (Å²) in [5.41, 5.74) is 2.20. The second-order valence-electron chi connectivity index (χ2n) is 4.16. The summed E-state index contributed by atoms with van der Waals surface area (Å²) in [4.78, 5) is 0. The maximum Gasteiger partial charge on any atom is 0.141 e. The number of aromatic nitrogens is 1. The lowest BCUT2D eigenvalue weighted by Crippen LogP contribution is -2.15. The summed E-state index contributed by atoms with van der Waals surface area (Å²) >= 11 is 5.78. The summed E-state index contributed by atoms with van der Waals surface area (Å²) in [6.07, 6.45) is 2.02. The van der Waals surface area contributed by atoms with Crippen LogP contribution in [0.4, 0.5) is 4.39 Å². The summed E-state index contributed by atoms with van der Waals surface area (Å²) in [7, 11) is 0. The fourth-order valence-corrected chi connectivity index (χ4v) is 2.06. The van der Waals surface area contributed by atoms with Gasteiger partial charge in [0.1, 0.15) is 5.82 Å². The van der Waals surface area contributed by atoms with Gasteiger partial charge in [-0.05, 0) is 36.4 Å². The van der Waals surface area contributed by atoms with E-state index in [-0.39, 0.29) is 10.8 Å². The Morgan fingerprint density at radius 3 is 2.89 bits per heavy atom. The van der Waals surface area contributed by atoms with E-state index >= 15 is 0 Å². The van der Waals surface area contributed by atoms with Gasteiger partial charge in [-0.1, -0.05) is 24.6 Å². The highest BCUT2D eigenvalue weighted by Gasteiger charge is 2.04. The van der Waals surface area contributed by atoms with Gasteiger partial charge >= 0.3 is 0 Å². The summed E-state index contributed by atoms with van der Waals surface area (Å²) in [5.74, 6) is -0.374. The van der Waals surface area contributed by atoms with Crippen molar-refractivity contribution in [2.75, 3.05) is 6.54 Å². The van der Waals surface area contributed by atoms with Crippen molar-refractivity contribution in [1.29, 1.82) is 0 Å². The van der Waals surface area contributed by atoms with E-state index in [1.165, 1.54) is 11.8 Å². The third-order valence-corrected chi connectivity index (χ3v) is 3.11. The van der Waals surface area contributed by atoms with Crippen LogP contribution in [0.15, 0.2) is 36.5 Å². The van der Waals surface area contributed by atoms with Gasteiger partial charge in [0.2, 0.25) is 0 Å². The van der Waals surface area contributed by atoms with Crippen molar-refractivity contribution >= 4 is 11.6 Å². The van der Waals surface area contributed by atoms with E-state index in [0.717, 1.165) is 18.7 Å². The average molecular weight is 267 g/mol. The first-order valence-electron chi connectivity index (χ1n) is 5.99. The van der Waals surface area contributed by atoms with E-state index < -0.39 is 0 Å². The van der Waals surface area contributed by atoms with Gasteiger partial charge in [-0.3, -0.25) is 0 Å². The molecule has 2 nitrogen and oxygen atoms in total. The van der Waals surface area contributed by atoms with Gasteiger partial charge in [0.05, 0.1) is 5.02 Å². The van der Waals surface area contributed by atoms with Crippen molar-refractivity contribution in [3.63, 3.8) is 0 Å². The second-order valence-corrected chi connectivity index (χ2v) is 4.56. The molecule has 0 radical (unpaired) electrons. The monoisotopic (exact) mass is 266 g/mol. The Kier molecular flexibility index (Phi) is 4.39. The minimum Gasteiger partial charge on any atom is -0.346 e. The molecule has 0 atom stereocenters. The average Bonchev–Trinajstić information content (AvgIpc) is 2.79. The molecule has 1 heterocycles. The highest BCUT2D eigenvalue weighted by Crippen LogP contribution is 2.17. The molecular formula is C14H16ClFN2. The van der Waals surface area contributed by atoms with Crippen LogP contribution >= 0.6 is 11.6 Å². The molecule has 0 aliphatic heterocycles. The number of hydrogen-bond acceptors (Lipinski definition) is 1. The molecule has 0 amide bonds. The minimum absolute atomic E-state index is 0.174. The molecule has 0 aliphatic carbocycles. The molecule has 0 saturated carbocycles. The smallest absolute Gasteiger partial charge is 0.141 e. The van der Waals surface area contributed by atoms with Gasteiger partial charge in [-0.2, -0.15) is 0 Å². The molecule has 96 valence electrons. The molecule has 0 bridgehead atoms. The predicted molar refractivity (Wildman–Crippen MR) is 72.3 cm³/mol. The van der Waals surface area contributed by atoms with E-state index in [1.54, 1.807) is 12.1 Å². The lowest BCUT2D eigenvalue weighted by Gasteiger charge is -2.10. The number of nitrogens with one attached hydrogen (secondary N) is 1. The van der Waals surface area contributed by atoms with Crippen molar-refractivity contribution in [2.45, 2.75) is 20.0 Å². The Hall–Kier alpha value is -1.32. The van der Waals surface area contributed by atoms with E-state index in [1.807, 2.05) is 12.3 Å². The maximum atomic E-state index is 13.1. The lowest BCUT2D eigenvalue weighted by atomic mass is 10.2. The third-order valence-electron chi connectivity index (χ3n) is 2.82. The topological polar surface area (TPSA) is 17.0 Å². The molecule has 0 fully saturated rings. The molecular weight excluding hydrogens is 251 g/mol. The molecule has 1 N–H and O–H groups in total. The molecule has 1 aromatic heterocycles.